The van der Waals surface area contributed by atoms with E-state index in [0.29, 0.717) is 18.9 Å². The summed E-state index contributed by atoms with van der Waals surface area (Å²) in [4.78, 5) is 9.92. The summed E-state index contributed by atoms with van der Waals surface area (Å²) in [6.07, 6.45) is 5.96. The molecule has 0 bridgehead atoms. The zero-order valence-corrected chi connectivity index (χ0v) is 12.3. The van der Waals surface area contributed by atoms with E-state index in [1.807, 2.05) is 12.1 Å². The van der Waals surface area contributed by atoms with Crippen LogP contribution in [0, 0.1) is 22.5 Å². The molecule has 0 aromatic carbocycles. The van der Waals surface area contributed by atoms with E-state index in [0.717, 1.165) is 29.2 Å². The first kappa shape index (κ1) is 16.9. The first-order chi connectivity index (χ1) is 10.2. The van der Waals surface area contributed by atoms with Crippen molar-refractivity contribution in [1.29, 1.82) is 0 Å². The summed E-state index contributed by atoms with van der Waals surface area (Å²) in [5.74, 6) is 5.80. The SMILES string of the molecule is C#CCN/C(=C/[N+](=O)[O-])NCCSCc1ccc(CN)o1. The standard InChI is InChI=1S/C13H18N4O3S/c1-2-5-15-13(9-17(18)19)16-6-7-21-10-12-4-3-11(8-14)20-12/h1,3-4,9,15-16H,5-8,10,14H2/b13-9-. The number of thioether (sulfide) groups is 1. The molecule has 1 rings (SSSR count). The highest BCUT2D eigenvalue weighted by atomic mass is 32.2. The first-order valence-corrected chi connectivity index (χ1v) is 7.43. The smallest absolute Gasteiger partial charge is 0.274 e. The Bertz CT molecular complexity index is 522. The molecule has 0 amide bonds. The van der Waals surface area contributed by atoms with Crippen LogP contribution >= 0.6 is 11.8 Å². The number of hydrogen-bond donors (Lipinski definition) is 3. The van der Waals surface area contributed by atoms with Crippen molar-refractivity contribution in [3.63, 3.8) is 0 Å². The molecule has 0 aliphatic heterocycles. The minimum Gasteiger partial charge on any atom is -0.464 e. The molecule has 4 N–H and O–H groups in total. The molecule has 0 fully saturated rings. The Labute approximate surface area is 127 Å². The van der Waals surface area contributed by atoms with Crippen molar-refractivity contribution in [2.45, 2.75) is 12.3 Å². The Kier molecular flexibility index (Phi) is 7.86. The van der Waals surface area contributed by atoms with Gasteiger partial charge in [-0.25, -0.2) is 0 Å². The van der Waals surface area contributed by atoms with E-state index in [9.17, 15) is 10.1 Å². The van der Waals surface area contributed by atoms with E-state index in [1.54, 1.807) is 11.8 Å². The van der Waals surface area contributed by atoms with E-state index < -0.39 is 4.92 Å². The second kappa shape index (κ2) is 9.74. The van der Waals surface area contributed by atoms with Gasteiger partial charge in [0.1, 0.15) is 11.5 Å². The molecule has 8 heteroatoms. The highest BCUT2D eigenvalue weighted by Crippen LogP contribution is 2.14. The molecular weight excluding hydrogens is 292 g/mol. The number of nitrogens with zero attached hydrogens (tertiary/aromatic N) is 1. The van der Waals surface area contributed by atoms with Crippen LogP contribution in [0.1, 0.15) is 11.5 Å². The van der Waals surface area contributed by atoms with E-state index in [4.69, 9.17) is 16.6 Å². The van der Waals surface area contributed by atoms with Crippen LogP contribution in [0.25, 0.3) is 0 Å². The summed E-state index contributed by atoms with van der Waals surface area (Å²) in [5, 5.41) is 16.1. The molecular formula is C13H18N4O3S. The lowest BCUT2D eigenvalue weighted by molar-refractivity contribution is -0.404. The number of terminal acetylenes is 1. The highest BCUT2D eigenvalue weighted by molar-refractivity contribution is 7.98. The fourth-order valence-corrected chi connectivity index (χ4v) is 2.19. The third-order valence-electron chi connectivity index (χ3n) is 2.34. The van der Waals surface area contributed by atoms with E-state index >= 15 is 0 Å². The van der Waals surface area contributed by atoms with Gasteiger partial charge in [0.05, 0.1) is 23.8 Å². The highest BCUT2D eigenvalue weighted by Gasteiger charge is 2.03. The zero-order chi connectivity index (χ0) is 15.5. The third kappa shape index (κ3) is 7.29. The molecule has 21 heavy (non-hydrogen) atoms. The molecule has 0 saturated heterocycles. The minimum absolute atomic E-state index is 0.230. The van der Waals surface area contributed by atoms with Crippen LogP contribution in [0.15, 0.2) is 28.6 Å². The summed E-state index contributed by atoms with van der Waals surface area (Å²) in [5.41, 5.74) is 5.46. The van der Waals surface area contributed by atoms with Gasteiger partial charge in [-0.15, -0.1) is 6.42 Å². The first-order valence-electron chi connectivity index (χ1n) is 6.27. The van der Waals surface area contributed by atoms with Gasteiger partial charge >= 0.3 is 0 Å². The number of nitrogens with one attached hydrogen (secondary N) is 2. The summed E-state index contributed by atoms with van der Waals surface area (Å²) in [7, 11) is 0. The van der Waals surface area contributed by atoms with Crippen molar-refractivity contribution in [2.24, 2.45) is 5.73 Å². The molecule has 0 atom stereocenters. The van der Waals surface area contributed by atoms with Crippen molar-refractivity contribution >= 4 is 11.8 Å². The molecule has 1 aromatic rings. The summed E-state index contributed by atoms with van der Waals surface area (Å²) < 4.78 is 5.46. The molecule has 0 aliphatic carbocycles. The van der Waals surface area contributed by atoms with Gasteiger partial charge in [0.25, 0.3) is 6.20 Å². The van der Waals surface area contributed by atoms with Gasteiger partial charge in [-0.1, -0.05) is 5.92 Å². The van der Waals surface area contributed by atoms with Gasteiger partial charge in [-0.3, -0.25) is 10.1 Å². The van der Waals surface area contributed by atoms with Crippen molar-refractivity contribution < 1.29 is 9.34 Å². The second-order valence-electron chi connectivity index (χ2n) is 3.94. The summed E-state index contributed by atoms with van der Waals surface area (Å²) in [6.45, 7) is 1.20. The van der Waals surface area contributed by atoms with E-state index in [1.165, 1.54) is 0 Å². The second-order valence-corrected chi connectivity index (χ2v) is 5.04. The van der Waals surface area contributed by atoms with Crippen LogP contribution in [0.3, 0.4) is 0 Å². The Morgan fingerprint density at radius 3 is 2.90 bits per heavy atom. The summed E-state index contributed by atoms with van der Waals surface area (Å²) in [6, 6.07) is 3.75. The molecule has 1 aromatic heterocycles. The van der Waals surface area contributed by atoms with Crippen LogP contribution in [-0.2, 0) is 12.3 Å². The number of rotatable bonds is 10. The number of hydrogen-bond acceptors (Lipinski definition) is 7. The van der Waals surface area contributed by atoms with Crippen LogP contribution in [0.5, 0.6) is 0 Å². The Hall–Kier alpha value is -2.11. The lowest BCUT2D eigenvalue weighted by Gasteiger charge is -2.08. The maximum Gasteiger partial charge on any atom is 0.274 e. The fraction of sp³-hybridized carbons (Fsp3) is 0.385. The van der Waals surface area contributed by atoms with Crippen molar-refractivity contribution in [2.75, 3.05) is 18.8 Å². The quantitative estimate of drug-likeness (QED) is 0.255. The molecule has 0 unspecified atom stereocenters. The lowest BCUT2D eigenvalue weighted by Crippen LogP contribution is -2.29. The van der Waals surface area contributed by atoms with Crippen molar-refractivity contribution in [3.8, 4) is 12.3 Å². The monoisotopic (exact) mass is 310 g/mol. The van der Waals surface area contributed by atoms with Gasteiger partial charge in [-0.2, -0.15) is 11.8 Å². The van der Waals surface area contributed by atoms with Gasteiger partial charge < -0.3 is 20.8 Å². The number of nitrogens with two attached hydrogens (primary N) is 1. The van der Waals surface area contributed by atoms with Crippen LogP contribution in [0.4, 0.5) is 0 Å². The Morgan fingerprint density at radius 2 is 2.29 bits per heavy atom. The average Bonchev–Trinajstić information content (AvgIpc) is 2.91. The number of nitro groups is 1. The molecule has 0 saturated carbocycles. The minimum atomic E-state index is -0.532. The fourth-order valence-electron chi connectivity index (χ4n) is 1.45. The Morgan fingerprint density at radius 1 is 1.52 bits per heavy atom. The van der Waals surface area contributed by atoms with Crippen LogP contribution in [0.2, 0.25) is 0 Å². The average molecular weight is 310 g/mol. The number of furan rings is 1. The van der Waals surface area contributed by atoms with Crippen LogP contribution in [-0.4, -0.2) is 23.8 Å². The maximum atomic E-state index is 10.4. The molecule has 1 heterocycles. The molecule has 114 valence electrons. The van der Waals surface area contributed by atoms with E-state index in [2.05, 4.69) is 16.6 Å². The van der Waals surface area contributed by atoms with Gasteiger partial charge in [0.15, 0.2) is 5.82 Å². The third-order valence-corrected chi connectivity index (χ3v) is 3.32. The zero-order valence-electron chi connectivity index (χ0n) is 11.5. The molecule has 7 nitrogen and oxygen atoms in total. The summed E-state index contributed by atoms with van der Waals surface area (Å²) >= 11 is 1.65. The van der Waals surface area contributed by atoms with Crippen LogP contribution < -0.4 is 16.4 Å². The van der Waals surface area contributed by atoms with Gasteiger partial charge in [0, 0.05) is 12.3 Å². The Balaban J connectivity index is 2.24. The topological polar surface area (TPSA) is 106 Å². The predicted octanol–water partition coefficient (Wildman–Crippen LogP) is 0.859. The van der Waals surface area contributed by atoms with Gasteiger partial charge in [-0.05, 0) is 12.1 Å². The van der Waals surface area contributed by atoms with Crippen molar-refractivity contribution in [1.82, 2.24) is 10.6 Å². The lowest BCUT2D eigenvalue weighted by atomic mass is 10.4. The van der Waals surface area contributed by atoms with E-state index in [-0.39, 0.29) is 6.54 Å². The molecule has 0 radical (unpaired) electrons. The molecule has 0 spiro atoms. The largest absolute Gasteiger partial charge is 0.464 e. The normalized spacial score (nSPS) is 11.0. The maximum absolute atomic E-state index is 10.4. The predicted molar refractivity (Wildman–Crippen MR) is 82.7 cm³/mol. The van der Waals surface area contributed by atoms with Gasteiger partial charge in [0.2, 0.25) is 0 Å². The molecule has 0 aliphatic rings. The van der Waals surface area contributed by atoms with Crippen molar-refractivity contribution in [3.05, 3.63) is 45.8 Å².